The van der Waals surface area contributed by atoms with E-state index in [2.05, 4.69) is 21.2 Å². The molecule has 1 rings (SSSR count). The Morgan fingerprint density at radius 1 is 1.53 bits per heavy atom. The second kappa shape index (κ2) is 9.00. The van der Waals surface area contributed by atoms with Crippen LogP contribution >= 0.6 is 30.4 Å². The molecule has 1 aliphatic rings. The summed E-state index contributed by atoms with van der Waals surface area (Å²) < 4.78 is 10.5. The van der Waals surface area contributed by atoms with Crippen molar-refractivity contribution < 1.29 is 19.1 Å². The molecule has 0 aromatic heterocycles. The molecule has 15 heavy (non-hydrogen) atoms. The summed E-state index contributed by atoms with van der Waals surface area (Å²) in [6.45, 7) is 4.36. The van der Waals surface area contributed by atoms with Gasteiger partial charge in [0.05, 0.1) is 21.9 Å². The Morgan fingerprint density at radius 2 is 2.13 bits per heavy atom. The van der Waals surface area contributed by atoms with E-state index >= 15 is 0 Å². The maximum atomic E-state index is 8.08. The van der Waals surface area contributed by atoms with Crippen LogP contribution in [-0.4, -0.2) is 35.3 Å². The molecule has 0 aromatic carbocycles. The van der Waals surface area contributed by atoms with Gasteiger partial charge in [0.1, 0.15) is 0 Å². The van der Waals surface area contributed by atoms with Gasteiger partial charge in [0.25, 0.3) is 0 Å². The minimum atomic E-state index is -1.50. The summed E-state index contributed by atoms with van der Waals surface area (Å²) in [5.74, 6) is -1.50. The highest BCUT2D eigenvalue weighted by molar-refractivity contribution is 14.2. The van der Waals surface area contributed by atoms with E-state index in [1.165, 1.54) is 35.9 Å². The van der Waals surface area contributed by atoms with Crippen molar-refractivity contribution in [2.45, 2.75) is 45.0 Å². The summed E-state index contributed by atoms with van der Waals surface area (Å²) in [5, 5.41) is 16.2. The van der Waals surface area contributed by atoms with E-state index in [0.29, 0.717) is 6.10 Å². The van der Waals surface area contributed by atoms with Crippen molar-refractivity contribution in [3.8, 4) is 0 Å². The van der Waals surface area contributed by atoms with Crippen LogP contribution in [0.2, 0.25) is 0 Å². The van der Waals surface area contributed by atoms with Gasteiger partial charge in [0.2, 0.25) is 0 Å². The van der Waals surface area contributed by atoms with E-state index in [0.717, 1.165) is 19.6 Å². The highest BCUT2D eigenvalue weighted by Crippen LogP contribution is 2.18. The predicted octanol–water partition coefficient (Wildman–Crippen LogP) is 2.28. The van der Waals surface area contributed by atoms with Gasteiger partial charge in [-0.05, 0) is 33.1 Å². The third-order valence-electron chi connectivity index (χ3n) is 1.59. The minimum Gasteiger partial charge on any atom is -0.378 e. The molecular formula is C9H19IO4S. The number of halogens is 1. The van der Waals surface area contributed by atoms with Gasteiger partial charge in [-0.2, -0.15) is 0 Å². The largest absolute Gasteiger partial charge is 0.378 e. The smallest absolute Gasteiger partial charge is 0.156 e. The molecule has 1 saturated heterocycles. The maximum Gasteiger partial charge on any atom is 0.156 e. The monoisotopic (exact) mass is 350 g/mol. The number of rotatable bonds is 4. The Morgan fingerprint density at radius 3 is 2.53 bits per heavy atom. The predicted molar refractivity (Wildman–Crippen MR) is 69.7 cm³/mol. The molecule has 0 aromatic rings. The SMILES string of the molecule is CC(C)(O)O.ISOCCC1CCCO1. The fourth-order valence-corrected chi connectivity index (χ4v) is 1.78. The van der Waals surface area contributed by atoms with Gasteiger partial charge in [-0.3, -0.25) is 0 Å². The lowest BCUT2D eigenvalue weighted by molar-refractivity contribution is -0.127. The van der Waals surface area contributed by atoms with E-state index in [9.17, 15) is 0 Å². The first-order valence-electron chi connectivity index (χ1n) is 4.90. The highest BCUT2D eigenvalue weighted by Gasteiger charge is 2.14. The van der Waals surface area contributed by atoms with E-state index in [-0.39, 0.29) is 0 Å². The van der Waals surface area contributed by atoms with Crippen LogP contribution in [0.25, 0.3) is 0 Å². The van der Waals surface area contributed by atoms with E-state index in [4.69, 9.17) is 19.1 Å². The average molecular weight is 350 g/mol. The Bertz CT molecular complexity index is 140. The molecule has 0 radical (unpaired) electrons. The molecule has 1 fully saturated rings. The Kier molecular flexibility index (Phi) is 9.55. The van der Waals surface area contributed by atoms with Gasteiger partial charge >= 0.3 is 0 Å². The second-order valence-corrected chi connectivity index (χ2v) is 5.24. The third kappa shape index (κ3) is 14.9. The minimum absolute atomic E-state index is 0.476. The lowest BCUT2D eigenvalue weighted by Crippen LogP contribution is -2.15. The van der Waals surface area contributed by atoms with Crippen molar-refractivity contribution in [1.82, 2.24) is 0 Å². The molecule has 6 heteroatoms. The third-order valence-corrected chi connectivity index (χ3v) is 2.61. The average Bonchev–Trinajstić information content (AvgIpc) is 2.54. The molecule has 1 atom stereocenters. The second-order valence-electron chi connectivity index (χ2n) is 3.80. The first-order chi connectivity index (χ1) is 6.93. The number of ether oxygens (including phenoxy) is 1. The fraction of sp³-hybridized carbons (Fsp3) is 1.00. The first-order valence-corrected chi connectivity index (χ1v) is 8.18. The molecule has 1 heterocycles. The van der Waals surface area contributed by atoms with Crippen molar-refractivity contribution in [1.29, 1.82) is 0 Å². The molecule has 1 aliphatic heterocycles. The Hall–Kier alpha value is 0.920. The normalized spacial score (nSPS) is 21.0. The van der Waals surface area contributed by atoms with Crippen LogP contribution in [0.1, 0.15) is 33.1 Å². The van der Waals surface area contributed by atoms with Crippen LogP contribution in [0, 0.1) is 0 Å². The zero-order valence-electron chi connectivity index (χ0n) is 9.11. The van der Waals surface area contributed by atoms with Crippen molar-refractivity contribution in [2.75, 3.05) is 13.2 Å². The first kappa shape index (κ1) is 15.9. The van der Waals surface area contributed by atoms with E-state index in [1.807, 2.05) is 0 Å². The molecule has 0 amide bonds. The zero-order valence-corrected chi connectivity index (χ0v) is 12.1. The van der Waals surface area contributed by atoms with Gasteiger partial charge in [0, 0.05) is 27.8 Å². The molecule has 4 nitrogen and oxygen atoms in total. The summed E-state index contributed by atoms with van der Waals surface area (Å²) in [6, 6.07) is 0. The fourth-order valence-electron chi connectivity index (χ4n) is 1.08. The maximum absolute atomic E-state index is 8.08. The zero-order chi connectivity index (χ0) is 11.7. The summed E-state index contributed by atoms with van der Waals surface area (Å²) in [6.07, 6.45) is 3.97. The van der Waals surface area contributed by atoms with Crippen LogP contribution in [-0.2, 0) is 8.92 Å². The Balaban J connectivity index is 0.000000336. The molecule has 0 spiro atoms. The number of hydrogen-bond acceptors (Lipinski definition) is 5. The molecule has 1 unspecified atom stereocenters. The van der Waals surface area contributed by atoms with E-state index < -0.39 is 5.79 Å². The summed E-state index contributed by atoms with van der Waals surface area (Å²) >= 11 is 2.13. The molecule has 0 bridgehead atoms. The number of aliphatic hydroxyl groups is 2. The van der Waals surface area contributed by atoms with Crippen molar-refractivity contribution in [2.24, 2.45) is 0 Å². The van der Waals surface area contributed by atoms with Gasteiger partial charge in [-0.15, -0.1) is 0 Å². The quantitative estimate of drug-likeness (QED) is 0.353. The summed E-state index contributed by atoms with van der Waals surface area (Å²) in [4.78, 5) is 0. The molecule has 0 saturated carbocycles. The molecule has 92 valence electrons. The lowest BCUT2D eigenvalue weighted by atomic mass is 10.2. The number of hydrogen-bond donors (Lipinski definition) is 2. The lowest BCUT2D eigenvalue weighted by Gasteiger charge is -2.06. The van der Waals surface area contributed by atoms with Crippen molar-refractivity contribution in [3.63, 3.8) is 0 Å². The molecular weight excluding hydrogens is 331 g/mol. The van der Waals surface area contributed by atoms with Gasteiger partial charge in [-0.25, -0.2) is 0 Å². The molecule has 2 N–H and O–H groups in total. The molecule has 0 aliphatic carbocycles. The topological polar surface area (TPSA) is 58.9 Å². The van der Waals surface area contributed by atoms with Crippen LogP contribution < -0.4 is 0 Å². The van der Waals surface area contributed by atoms with Crippen molar-refractivity contribution in [3.05, 3.63) is 0 Å². The van der Waals surface area contributed by atoms with Crippen LogP contribution in [0.5, 0.6) is 0 Å². The highest BCUT2D eigenvalue weighted by atomic mass is 127. The van der Waals surface area contributed by atoms with Crippen LogP contribution in [0.3, 0.4) is 0 Å². The van der Waals surface area contributed by atoms with Gasteiger partial charge in [0.15, 0.2) is 5.79 Å². The summed E-state index contributed by atoms with van der Waals surface area (Å²) in [5.41, 5.74) is 0. The van der Waals surface area contributed by atoms with Crippen LogP contribution in [0.15, 0.2) is 0 Å². The van der Waals surface area contributed by atoms with Gasteiger partial charge < -0.3 is 19.1 Å². The summed E-state index contributed by atoms with van der Waals surface area (Å²) in [7, 11) is 1.40. The van der Waals surface area contributed by atoms with Crippen LogP contribution in [0.4, 0.5) is 0 Å². The van der Waals surface area contributed by atoms with Gasteiger partial charge in [-0.1, -0.05) is 0 Å². The van der Waals surface area contributed by atoms with Crippen molar-refractivity contribution >= 4 is 30.4 Å². The Labute approximate surface area is 108 Å². The standard InChI is InChI=1S/C6H11IO2S.C3H8O2/c7-10-9-5-3-6-2-1-4-8-6;1-3(2,4)5/h6H,1-5H2;4-5H,1-2H3. The van der Waals surface area contributed by atoms with E-state index in [1.54, 1.807) is 0 Å².